The molecule has 6 heteroatoms. The van der Waals surface area contributed by atoms with E-state index in [-0.39, 0.29) is 18.9 Å². The van der Waals surface area contributed by atoms with Crippen LogP contribution in [-0.2, 0) is 20.2 Å². The normalized spacial score (nSPS) is 13.0. The molecule has 1 N–H and O–H groups in total. The fraction of sp³-hybridized carbons (Fsp3) is 0.429. The molecule has 112 valence electrons. The topological polar surface area (TPSA) is 47.6 Å². The number of rotatable bonds is 8. The second kappa shape index (κ2) is 8.20. The van der Waals surface area contributed by atoms with E-state index in [0.29, 0.717) is 6.54 Å². The minimum atomic E-state index is -3.84. The molecule has 0 fully saturated rings. The van der Waals surface area contributed by atoms with Gasteiger partial charge >= 0.3 is 7.60 Å². The van der Waals surface area contributed by atoms with E-state index >= 15 is 0 Å². The minimum absolute atomic E-state index is 0.122. The third kappa shape index (κ3) is 4.75. The van der Waals surface area contributed by atoms with Gasteiger partial charge in [-0.25, -0.2) is 0 Å². The number of hydrogen-bond acceptors (Lipinski definition) is 4. The molecular weight excluding hydrogens is 280 g/mol. The second-order valence-electron chi connectivity index (χ2n) is 4.09. The van der Waals surface area contributed by atoms with Crippen molar-refractivity contribution in [1.82, 2.24) is 5.32 Å². The van der Waals surface area contributed by atoms with Gasteiger partial charge in [-0.05, 0) is 26.3 Å². The van der Waals surface area contributed by atoms with Gasteiger partial charge in [0, 0.05) is 6.54 Å². The van der Waals surface area contributed by atoms with Gasteiger partial charge in [0.2, 0.25) is 5.57 Å². The van der Waals surface area contributed by atoms with Gasteiger partial charge in [0.1, 0.15) is 0 Å². The van der Waals surface area contributed by atoms with Crippen LogP contribution in [0.3, 0.4) is 0 Å². The van der Waals surface area contributed by atoms with Crippen molar-refractivity contribution in [3.8, 4) is 0 Å². The molecule has 0 bridgehead atoms. The van der Waals surface area contributed by atoms with Crippen molar-refractivity contribution in [3.05, 3.63) is 47.2 Å². The Hall–Kier alpha value is -1.16. The highest BCUT2D eigenvalue weighted by molar-refractivity contribution is 7.58. The Labute approximate surface area is 119 Å². The van der Waals surface area contributed by atoms with Gasteiger partial charge in [-0.15, -0.1) is 0 Å². The molecule has 0 saturated carbocycles. The number of halogens is 1. The largest absolute Gasteiger partial charge is 0.391 e. The first-order valence-electron chi connectivity index (χ1n) is 6.57. The van der Waals surface area contributed by atoms with Crippen LogP contribution in [0.15, 0.2) is 41.6 Å². The molecule has 0 heterocycles. The van der Waals surface area contributed by atoms with Gasteiger partial charge in [-0.1, -0.05) is 30.3 Å². The zero-order valence-electron chi connectivity index (χ0n) is 12.1. The summed E-state index contributed by atoms with van der Waals surface area (Å²) in [6, 6.07) is 9.55. The molecule has 0 radical (unpaired) electrons. The third-order valence-corrected chi connectivity index (χ3v) is 4.56. The van der Waals surface area contributed by atoms with Gasteiger partial charge in [0.15, 0.2) is 0 Å². The van der Waals surface area contributed by atoms with Crippen molar-refractivity contribution >= 4 is 7.60 Å². The lowest BCUT2D eigenvalue weighted by Gasteiger charge is -2.17. The Balaban J connectivity index is 2.79. The summed E-state index contributed by atoms with van der Waals surface area (Å²) in [4.78, 5) is 0. The predicted molar refractivity (Wildman–Crippen MR) is 77.9 cm³/mol. The first-order chi connectivity index (χ1) is 9.53. The van der Waals surface area contributed by atoms with Crippen molar-refractivity contribution in [1.29, 1.82) is 0 Å². The van der Waals surface area contributed by atoms with Crippen LogP contribution >= 0.6 is 7.60 Å². The molecule has 0 spiro atoms. The first-order valence-corrected chi connectivity index (χ1v) is 8.11. The Kier molecular flexibility index (Phi) is 6.93. The van der Waals surface area contributed by atoms with Crippen molar-refractivity contribution in [2.75, 3.05) is 13.2 Å². The van der Waals surface area contributed by atoms with E-state index in [1.165, 1.54) is 6.92 Å². The Morgan fingerprint density at radius 2 is 1.75 bits per heavy atom. The Morgan fingerprint density at radius 3 is 2.25 bits per heavy atom. The number of nitrogens with one attached hydrogen (secondary N) is 1. The highest BCUT2D eigenvalue weighted by atomic mass is 31.2. The average molecular weight is 301 g/mol. The highest BCUT2D eigenvalue weighted by Gasteiger charge is 2.32. The molecule has 1 aromatic rings. The van der Waals surface area contributed by atoms with Crippen LogP contribution in [0.5, 0.6) is 0 Å². The molecule has 1 rings (SSSR count). The Morgan fingerprint density at radius 1 is 1.20 bits per heavy atom. The second-order valence-corrected chi connectivity index (χ2v) is 5.99. The van der Waals surface area contributed by atoms with Crippen LogP contribution in [0.2, 0.25) is 0 Å². The van der Waals surface area contributed by atoms with Crippen molar-refractivity contribution < 1.29 is 18.0 Å². The zero-order valence-corrected chi connectivity index (χ0v) is 13.0. The molecule has 4 nitrogen and oxygen atoms in total. The maximum Gasteiger partial charge on any atom is 0.391 e. The van der Waals surface area contributed by atoms with Gasteiger partial charge in [-0.2, -0.15) is 4.39 Å². The average Bonchev–Trinajstić information content (AvgIpc) is 2.45. The van der Waals surface area contributed by atoms with Crippen LogP contribution in [0, 0.1) is 0 Å². The molecular formula is C14H21FNO3P. The van der Waals surface area contributed by atoms with E-state index in [9.17, 15) is 8.96 Å². The summed E-state index contributed by atoms with van der Waals surface area (Å²) < 4.78 is 36.4. The van der Waals surface area contributed by atoms with E-state index < -0.39 is 13.2 Å². The highest BCUT2D eigenvalue weighted by Crippen LogP contribution is 2.57. The van der Waals surface area contributed by atoms with Crippen LogP contribution in [0.25, 0.3) is 0 Å². The lowest BCUT2D eigenvalue weighted by atomic mass is 10.2. The molecule has 0 amide bonds. The molecule has 20 heavy (non-hydrogen) atoms. The van der Waals surface area contributed by atoms with E-state index in [2.05, 4.69) is 5.32 Å². The zero-order chi connectivity index (χ0) is 15.0. The summed E-state index contributed by atoms with van der Waals surface area (Å²) in [6.07, 6.45) is 0. The number of benzene rings is 1. The van der Waals surface area contributed by atoms with E-state index in [0.717, 1.165) is 5.56 Å². The predicted octanol–water partition coefficient (Wildman–Crippen LogP) is 4.20. The molecule has 0 unspecified atom stereocenters. The van der Waals surface area contributed by atoms with Crippen LogP contribution in [0.4, 0.5) is 4.39 Å². The standard InChI is InChI=1S/C14H21FNO3P/c1-4-18-20(17,19-5-2)14(15)12(3)16-11-13-9-7-6-8-10-13/h6-10,16H,4-5,11H2,1-3H3/b14-12+. The lowest BCUT2D eigenvalue weighted by Crippen LogP contribution is -2.12. The van der Waals surface area contributed by atoms with Crippen LogP contribution < -0.4 is 5.32 Å². The molecule has 0 aliphatic carbocycles. The Bertz CT molecular complexity index is 480. The van der Waals surface area contributed by atoms with E-state index in [1.54, 1.807) is 13.8 Å². The van der Waals surface area contributed by atoms with Crippen molar-refractivity contribution in [2.24, 2.45) is 0 Å². The summed E-state index contributed by atoms with van der Waals surface area (Å²) >= 11 is 0. The molecule has 0 aliphatic rings. The van der Waals surface area contributed by atoms with Crippen LogP contribution in [-0.4, -0.2) is 13.2 Å². The van der Waals surface area contributed by atoms with Gasteiger partial charge in [0.25, 0.3) is 0 Å². The smallest absolute Gasteiger partial charge is 0.382 e. The van der Waals surface area contributed by atoms with Gasteiger partial charge < -0.3 is 14.4 Å². The first kappa shape index (κ1) is 16.9. The van der Waals surface area contributed by atoms with Gasteiger partial charge in [0.05, 0.1) is 18.9 Å². The van der Waals surface area contributed by atoms with Crippen molar-refractivity contribution in [3.63, 3.8) is 0 Å². The lowest BCUT2D eigenvalue weighted by molar-refractivity contribution is 0.219. The molecule has 0 atom stereocenters. The summed E-state index contributed by atoms with van der Waals surface area (Å²) in [5.74, 6) is 0. The maximum absolute atomic E-state index is 14.2. The van der Waals surface area contributed by atoms with Crippen LogP contribution in [0.1, 0.15) is 26.3 Å². The molecule has 0 saturated heterocycles. The van der Waals surface area contributed by atoms with E-state index in [4.69, 9.17) is 9.05 Å². The van der Waals surface area contributed by atoms with Crippen molar-refractivity contribution in [2.45, 2.75) is 27.3 Å². The molecule has 0 aliphatic heterocycles. The molecule has 0 aromatic heterocycles. The third-order valence-electron chi connectivity index (χ3n) is 2.55. The summed E-state index contributed by atoms with van der Waals surface area (Å²) in [6.45, 7) is 5.49. The summed E-state index contributed by atoms with van der Waals surface area (Å²) in [5, 5.41) is 2.89. The fourth-order valence-electron chi connectivity index (χ4n) is 1.60. The number of allylic oxidation sites excluding steroid dienone is 1. The van der Waals surface area contributed by atoms with E-state index in [1.807, 2.05) is 30.3 Å². The van der Waals surface area contributed by atoms with Gasteiger partial charge in [-0.3, -0.25) is 4.57 Å². The minimum Gasteiger partial charge on any atom is -0.382 e. The quantitative estimate of drug-likeness (QED) is 0.731. The number of hydrogen-bond donors (Lipinski definition) is 1. The SMILES string of the molecule is CCOP(=O)(OCC)/C(F)=C(\C)NCc1ccccc1. The molecule has 1 aromatic carbocycles. The summed E-state index contributed by atoms with van der Waals surface area (Å²) in [5.41, 5.74) is 0.304. The monoisotopic (exact) mass is 301 g/mol. The summed E-state index contributed by atoms with van der Waals surface area (Å²) in [7, 11) is -3.84. The maximum atomic E-state index is 14.2. The fourth-order valence-corrected chi connectivity index (χ4v) is 3.07.